The van der Waals surface area contributed by atoms with Crippen LogP contribution >= 0.6 is 0 Å². The Morgan fingerprint density at radius 3 is 2.07 bits per heavy atom. The summed E-state index contributed by atoms with van der Waals surface area (Å²) in [5, 5.41) is 8.48. The van der Waals surface area contributed by atoms with Crippen LogP contribution in [0.5, 0.6) is 0 Å². The van der Waals surface area contributed by atoms with Gasteiger partial charge in [0.15, 0.2) is 16.5 Å². The van der Waals surface area contributed by atoms with Crippen LogP contribution in [0.15, 0.2) is 35.2 Å². The van der Waals surface area contributed by atoms with Crippen LogP contribution in [0.3, 0.4) is 0 Å². The summed E-state index contributed by atoms with van der Waals surface area (Å²) >= 11 is 0. The van der Waals surface area contributed by atoms with Gasteiger partial charge in [-0.25, -0.2) is 17.2 Å². The summed E-state index contributed by atoms with van der Waals surface area (Å²) in [6, 6.07) is 6.76. The first-order chi connectivity index (χ1) is 13.4. The molecular weight excluding hydrogens is 388 g/mol. The summed E-state index contributed by atoms with van der Waals surface area (Å²) in [5.74, 6) is -0.740. The van der Waals surface area contributed by atoms with Crippen LogP contribution in [-0.4, -0.2) is 62.2 Å². The van der Waals surface area contributed by atoms with E-state index >= 15 is 0 Å². The van der Waals surface area contributed by atoms with Gasteiger partial charge in [0.25, 0.3) is 0 Å². The molecule has 1 saturated heterocycles. The van der Waals surface area contributed by atoms with Crippen LogP contribution in [0.4, 0.5) is 20.4 Å². The van der Waals surface area contributed by atoms with Crippen LogP contribution in [0.25, 0.3) is 0 Å². The molecule has 28 heavy (non-hydrogen) atoms. The SMILES string of the molecule is CCN(CC)c1ccc(N2CCN(S(=O)(=O)c3c(F)cccc3F)CC2)nn1. The van der Waals surface area contributed by atoms with Gasteiger partial charge in [-0.3, -0.25) is 0 Å². The first-order valence-corrected chi connectivity index (χ1v) is 10.6. The van der Waals surface area contributed by atoms with E-state index in [-0.39, 0.29) is 13.1 Å². The van der Waals surface area contributed by atoms with Crippen molar-refractivity contribution in [1.82, 2.24) is 14.5 Å². The zero-order valence-corrected chi connectivity index (χ0v) is 16.7. The molecule has 7 nitrogen and oxygen atoms in total. The van der Waals surface area contributed by atoms with E-state index in [1.54, 1.807) is 0 Å². The molecule has 0 N–H and O–H groups in total. The monoisotopic (exact) mass is 411 g/mol. The Balaban J connectivity index is 1.71. The van der Waals surface area contributed by atoms with Crippen molar-refractivity contribution in [3.8, 4) is 0 Å². The standard InChI is InChI=1S/C18H23F2N5O2S/c1-3-23(4-2)16-8-9-17(22-21-16)24-10-12-25(13-11-24)28(26,27)18-14(19)6-5-7-15(18)20/h5-9H,3-4,10-13H2,1-2H3. The van der Waals surface area contributed by atoms with Crippen molar-refractivity contribution >= 4 is 21.7 Å². The van der Waals surface area contributed by atoms with Gasteiger partial charge in [0.05, 0.1) is 0 Å². The molecule has 1 aromatic carbocycles. The second kappa shape index (κ2) is 8.36. The molecule has 0 aliphatic carbocycles. The topological polar surface area (TPSA) is 69.6 Å². The normalized spacial score (nSPS) is 15.6. The van der Waals surface area contributed by atoms with E-state index in [9.17, 15) is 17.2 Å². The van der Waals surface area contributed by atoms with Crippen molar-refractivity contribution in [1.29, 1.82) is 0 Å². The first kappa shape index (κ1) is 20.4. The fraction of sp³-hybridized carbons (Fsp3) is 0.444. The molecule has 1 aliphatic rings. The molecule has 0 bridgehead atoms. The highest BCUT2D eigenvalue weighted by molar-refractivity contribution is 7.89. The number of nitrogens with zero attached hydrogens (tertiary/aromatic N) is 5. The molecule has 1 fully saturated rings. The number of rotatable bonds is 6. The second-order valence-electron chi connectivity index (χ2n) is 6.36. The molecule has 0 atom stereocenters. The quantitative estimate of drug-likeness (QED) is 0.725. The van der Waals surface area contributed by atoms with Gasteiger partial charge >= 0.3 is 0 Å². The lowest BCUT2D eigenvalue weighted by Crippen LogP contribution is -2.49. The largest absolute Gasteiger partial charge is 0.356 e. The van der Waals surface area contributed by atoms with Crippen LogP contribution < -0.4 is 9.80 Å². The number of piperazine rings is 1. The summed E-state index contributed by atoms with van der Waals surface area (Å²) in [6.07, 6.45) is 0. The third-order valence-corrected chi connectivity index (χ3v) is 6.75. The molecule has 152 valence electrons. The predicted octanol–water partition coefficient (Wildman–Crippen LogP) is 2.11. The van der Waals surface area contributed by atoms with Crippen molar-refractivity contribution < 1.29 is 17.2 Å². The Kier molecular flexibility index (Phi) is 6.09. The number of halogens is 2. The molecule has 10 heteroatoms. The molecule has 0 radical (unpaired) electrons. The van der Waals surface area contributed by atoms with E-state index in [2.05, 4.69) is 15.1 Å². The Labute approximate surface area is 163 Å². The van der Waals surface area contributed by atoms with Gasteiger partial charge in [-0.2, -0.15) is 4.31 Å². The maximum atomic E-state index is 13.9. The maximum Gasteiger partial charge on any atom is 0.249 e. The van der Waals surface area contributed by atoms with Crippen LogP contribution in [0, 0.1) is 11.6 Å². The lowest BCUT2D eigenvalue weighted by molar-refractivity contribution is 0.377. The zero-order valence-electron chi connectivity index (χ0n) is 15.8. The highest BCUT2D eigenvalue weighted by Crippen LogP contribution is 2.24. The fourth-order valence-electron chi connectivity index (χ4n) is 3.22. The summed E-state index contributed by atoms with van der Waals surface area (Å²) in [5.41, 5.74) is 0. The highest BCUT2D eigenvalue weighted by Gasteiger charge is 2.33. The molecule has 1 aliphatic heterocycles. The summed E-state index contributed by atoms with van der Waals surface area (Å²) in [6.45, 7) is 6.66. The Morgan fingerprint density at radius 1 is 0.964 bits per heavy atom. The van der Waals surface area contributed by atoms with Crippen molar-refractivity contribution in [2.24, 2.45) is 0 Å². The minimum absolute atomic E-state index is 0.107. The second-order valence-corrected chi connectivity index (χ2v) is 8.24. The lowest BCUT2D eigenvalue weighted by Gasteiger charge is -2.34. The zero-order chi connectivity index (χ0) is 20.3. The number of anilines is 2. The maximum absolute atomic E-state index is 13.9. The van der Waals surface area contributed by atoms with Gasteiger partial charge in [-0.1, -0.05) is 6.07 Å². The summed E-state index contributed by atoms with van der Waals surface area (Å²) in [7, 11) is -4.24. The van der Waals surface area contributed by atoms with Crippen molar-refractivity contribution in [3.05, 3.63) is 42.0 Å². The Hall–Kier alpha value is -2.33. The van der Waals surface area contributed by atoms with Crippen LogP contribution in [0.1, 0.15) is 13.8 Å². The number of hydrogen-bond donors (Lipinski definition) is 0. The van der Waals surface area contributed by atoms with E-state index in [1.807, 2.05) is 30.9 Å². The number of hydrogen-bond acceptors (Lipinski definition) is 6. The van der Waals surface area contributed by atoms with E-state index in [0.29, 0.717) is 18.9 Å². The van der Waals surface area contributed by atoms with Crippen molar-refractivity contribution in [2.75, 3.05) is 49.1 Å². The van der Waals surface area contributed by atoms with E-state index < -0.39 is 26.6 Å². The Morgan fingerprint density at radius 2 is 1.57 bits per heavy atom. The summed E-state index contributed by atoms with van der Waals surface area (Å²) in [4.78, 5) is 3.08. The molecule has 2 aromatic rings. The van der Waals surface area contributed by atoms with Crippen molar-refractivity contribution in [2.45, 2.75) is 18.7 Å². The third kappa shape index (κ3) is 3.93. The van der Waals surface area contributed by atoms with Gasteiger partial charge in [0.2, 0.25) is 10.0 Å². The van der Waals surface area contributed by atoms with Gasteiger partial charge in [0, 0.05) is 39.3 Å². The molecule has 0 saturated carbocycles. The minimum atomic E-state index is -4.24. The third-order valence-electron chi connectivity index (χ3n) is 4.80. The fourth-order valence-corrected chi connectivity index (χ4v) is 4.75. The van der Waals surface area contributed by atoms with Crippen LogP contribution in [0.2, 0.25) is 0 Å². The van der Waals surface area contributed by atoms with E-state index in [0.717, 1.165) is 41.4 Å². The van der Waals surface area contributed by atoms with Gasteiger partial charge in [-0.15, -0.1) is 10.2 Å². The number of benzene rings is 1. The molecule has 0 amide bonds. The number of sulfonamides is 1. The highest BCUT2D eigenvalue weighted by atomic mass is 32.2. The van der Waals surface area contributed by atoms with Crippen LogP contribution in [-0.2, 0) is 10.0 Å². The van der Waals surface area contributed by atoms with E-state index in [4.69, 9.17) is 0 Å². The molecule has 0 spiro atoms. The molecule has 0 unspecified atom stereocenters. The van der Waals surface area contributed by atoms with Gasteiger partial charge in [0.1, 0.15) is 11.6 Å². The van der Waals surface area contributed by atoms with E-state index in [1.165, 1.54) is 0 Å². The molecule has 1 aromatic heterocycles. The Bertz CT molecular complexity index is 892. The van der Waals surface area contributed by atoms with Crippen molar-refractivity contribution in [3.63, 3.8) is 0 Å². The molecule has 3 rings (SSSR count). The first-order valence-electron chi connectivity index (χ1n) is 9.16. The average molecular weight is 411 g/mol. The summed E-state index contributed by atoms with van der Waals surface area (Å²) < 4.78 is 54.3. The smallest absolute Gasteiger partial charge is 0.249 e. The van der Waals surface area contributed by atoms with Gasteiger partial charge in [-0.05, 0) is 38.1 Å². The minimum Gasteiger partial charge on any atom is -0.356 e. The molecule has 2 heterocycles. The average Bonchev–Trinajstić information content (AvgIpc) is 2.69. The molecular formula is C18H23F2N5O2S. The number of aromatic nitrogens is 2. The lowest BCUT2D eigenvalue weighted by atomic mass is 10.3. The predicted molar refractivity (Wildman–Crippen MR) is 103 cm³/mol. The van der Waals surface area contributed by atoms with Gasteiger partial charge < -0.3 is 9.80 Å².